The first kappa shape index (κ1) is 13.1. The summed E-state index contributed by atoms with van der Waals surface area (Å²) in [6, 6.07) is 1.46. The van der Waals surface area contributed by atoms with Gasteiger partial charge in [0.15, 0.2) is 5.82 Å². The fraction of sp³-hybridized carbons (Fsp3) is 0.857. The van der Waals surface area contributed by atoms with Crippen LogP contribution in [0.5, 0.6) is 0 Å². The molecule has 2 aliphatic carbocycles. The fourth-order valence-electron chi connectivity index (χ4n) is 3.14. The third-order valence-corrected chi connectivity index (χ3v) is 4.48. The van der Waals surface area contributed by atoms with Crippen LogP contribution in [-0.4, -0.2) is 27.1 Å². The normalized spacial score (nSPS) is 27.9. The Morgan fingerprint density at radius 3 is 2.32 bits per heavy atom. The van der Waals surface area contributed by atoms with E-state index >= 15 is 0 Å². The van der Waals surface area contributed by atoms with Crippen molar-refractivity contribution in [2.75, 3.05) is 0 Å². The predicted molar refractivity (Wildman–Crippen MR) is 72.2 cm³/mol. The van der Waals surface area contributed by atoms with Crippen LogP contribution in [-0.2, 0) is 13.1 Å². The van der Waals surface area contributed by atoms with Gasteiger partial charge in [-0.3, -0.25) is 4.90 Å². The molecule has 0 bridgehead atoms. The van der Waals surface area contributed by atoms with Gasteiger partial charge in [-0.1, -0.05) is 12.1 Å². The maximum absolute atomic E-state index is 5.51. The zero-order valence-electron chi connectivity index (χ0n) is 11.7. The second kappa shape index (κ2) is 5.59. The molecule has 2 fully saturated rings. The van der Waals surface area contributed by atoms with Crippen LogP contribution in [0.4, 0.5) is 0 Å². The van der Waals surface area contributed by atoms with E-state index in [9.17, 15) is 0 Å². The van der Waals surface area contributed by atoms with E-state index in [0.717, 1.165) is 24.3 Å². The topological polar surface area (TPSA) is 68.2 Å². The van der Waals surface area contributed by atoms with Crippen LogP contribution < -0.4 is 5.73 Å². The molecule has 0 amide bonds. The Labute approximate surface area is 114 Å². The number of rotatable bonds is 5. The van der Waals surface area contributed by atoms with Crippen LogP contribution in [0.25, 0.3) is 0 Å². The van der Waals surface area contributed by atoms with Crippen molar-refractivity contribution in [1.29, 1.82) is 0 Å². The Hall–Kier alpha value is -0.940. The van der Waals surface area contributed by atoms with Gasteiger partial charge < -0.3 is 10.3 Å². The monoisotopic (exact) mass is 264 g/mol. The summed E-state index contributed by atoms with van der Waals surface area (Å²) in [6.45, 7) is 3.52. The van der Waals surface area contributed by atoms with E-state index in [1.165, 1.54) is 38.5 Å². The SMILES string of the molecule is CC1CCC(N(Cc2noc(CN)n2)C2CC2)CC1. The molecule has 106 valence electrons. The highest BCUT2D eigenvalue weighted by Crippen LogP contribution is 2.35. The first-order valence-corrected chi connectivity index (χ1v) is 7.53. The van der Waals surface area contributed by atoms with Crippen LogP contribution in [0.15, 0.2) is 4.52 Å². The van der Waals surface area contributed by atoms with Gasteiger partial charge in [0.25, 0.3) is 0 Å². The van der Waals surface area contributed by atoms with Crippen molar-refractivity contribution in [3.63, 3.8) is 0 Å². The lowest BCUT2D eigenvalue weighted by atomic mass is 9.86. The van der Waals surface area contributed by atoms with E-state index in [1.54, 1.807) is 0 Å². The van der Waals surface area contributed by atoms with Crippen LogP contribution in [0, 0.1) is 5.92 Å². The molecule has 0 atom stereocenters. The molecule has 19 heavy (non-hydrogen) atoms. The molecule has 0 spiro atoms. The van der Waals surface area contributed by atoms with Gasteiger partial charge >= 0.3 is 0 Å². The van der Waals surface area contributed by atoms with Gasteiger partial charge in [-0.15, -0.1) is 0 Å². The molecule has 3 rings (SSSR count). The lowest BCUT2D eigenvalue weighted by Crippen LogP contribution is -2.39. The largest absolute Gasteiger partial charge is 0.338 e. The predicted octanol–water partition coefficient (Wildman–Crippen LogP) is 2.07. The molecular formula is C14H24N4O. The van der Waals surface area contributed by atoms with Crippen LogP contribution >= 0.6 is 0 Å². The standard InChI is InChI=1S/C14H24N4O/c1-10-2-4-11(5-3-10)18(12-6-7-12)9-13-16-14(8-15)19-17-13/h10-12H,2-9,15H2,1H3. The Bertz CT molecular complexity index is 407. The van der Waals surface area contributed by atoms with Gasteiger partial charge in [-0.05, 0) is 44.4 Å². The van der Waals surface area contributed by atoms with E-state index in [4.69, 9.17) is 10.3 Å². The minimum Gasteiger partial charge on any atom is -0.338 e. The molecule has 2 N–H and O–H groups in total. The third kappa shape index (κ3) is 3.15. The van der Waals surface area contributed by atoms with Gasteiger partial charge in [0.1, 0.15) is 0 Å². The van der Waals surface area contributed by atoms with Crippen molar-refractivity contribution in [2.45, 2.75) is 70.6 Å². The summed E-state index contributed by atoms with van der Waals surface area (Å²) in [5, 5.41) is 4.04. The number of nitrogens with zero attached hydrogens (tertiary/aromatic N) is 3. The Balaban J connectivity index is 1.64. The molecule has 1 aromatic heterocycles. The second-order valence-electron chi connectivity index (χ2n) is 6.13. The Morgan fingerprint density at radius 1 is 1.16 bits per heavy atom. The average molecular weight is 264 g/mol. The first-order valence-electron chi connectivity index (χ1n) is 7.53. The van der Waals surface area contributed by atoms with Crippen molar-refractivity contribution in [2.24, 2.45) is 11.7 Å². The minimum absolute atomic E-state index is 0.331. The van der Waals surface area contributed by atoms with Crippen LogP contribution in [0.3, 0.4) is 0 Å². The summed E-state index contributed by atoms with van der Waals surface area (Å²) >= 11 is 0. The van der Waals surface area contributed by atoms with E-state index < -0.39 is 0 Å². The van der Waals surface area contributed by atoms with Crippen LogP contribution in [0.1, 0.15) is 57.2 Å². The van der Waals surface area contributed by atoms with Gasteiger partial charge in [0.2, 0.25) is 5.89 Å². The van der Waals surface area contributed by atoms with Crippen molar-refractivity contribution in [3.05, 3.63) is 11.7 Å². The van der Waals surface area contributed by atoms with Gasteiger partial charge in [0.05, 0.1) is 13.1 Å². The molecule has 0 radical (unpaired) electrons. The Kier molecular flexibility index (Phi) is 3.84. The highest BCUT2D eigenvalue weighted by Gasteiger charge is 2.36. The fourth-order valence-corrected chi connectivity index (χ4v) is 3.14. The van der Waals surface area contributed by atoms with Gasteiger partial charge in [-0.25, -0.2) is 0 Å². The maximum atomic E-state index is 5.51. The van der Waals surface area contributed by atoms with Crippen molar-refractivity contribution in [3.8, 4) is 0 Å². The Morgan fingerprint density at radius 2 is 1.79 bits per heavy atom. The number of hydrogen-bond acceptors (Lipinski definition) is 5. The van der Waals surface area contributed by atoms with Crippen LogP contribution in [0.2, 0.25) is 0 Å². The van der Waals surface area contributed by atoms with Crippen molar-refractivity contribution >= 4 is 0 Å². The average Bonchev–Trinajstić information content (AvgIpc) is 3.17. The summed E-state index contributed by atoms with van der Waals surface area (Å²) in [5.41, 5.74) is 5.51. The van der Waals surface area contributed by atoms with Crippen molar-refractivity contribution in [1.82, 2.24) is 15.0 Å². The summed E-state index contributed by atoms with van der Waals surface area (Å²) in [7, 11) is 0. The summed E-state index contributed by atoms with van der Waals surface area (Å²) < 4.78 is 5.11. The lowest BCUT2D eigenvalue weighted by molar-refractivity contribution is 0.120. The lowest BCUT2D eigenvalue weighted by Gasteiger charge is -2.35. The van der Waals surface area contributed by atoms with Gasteiger partial charge in [0, 0.05) is 12.1 Å². The number of aromatic nitrogens is 2. The smallest absolute Gasteiger partial charge is 0.240 e. The quantitative estimate of drug-likeness (QED) is 0.881. The molecule has 0 aliphatic heterocycles. The summed E-state index contributed by atoms with van der Waals surface area (Å²) in [4.78, 5) is 6.95. The zero-order valence-corrected chi connectivity index (χ0v) is 11.7. The highest BCUT2D eigenvalue weighted by molar-refractivity contribution is 4.94. The van der Waals surface area contributed by atoms with Gasteiger partial charge in [-0.2, -0.15) is 4.98 Å². The second-order valence-corrected chi connectivity index (χ2v) is 6.13. The summed E-state index contributed by atoms with van der Waals surface area (Å²) in [5.74, 6) is 2.24. The van der Waals surface area contributed by atoms with E-state index in [0.29, 0.717) is 18.5 Å². The molecule has 2 aliphatic rings. The molecule has 1 aromatic rings. The first-order chi connectivity index (χ1) is 9.26. The molecule has 0 unspecified atom stereocenters. The molecular weight excluding hydrogens is 240 g/mol. The van der Waals surface area contributed by atoms with E-state index in [2.05, 4.69) is 22.0 Å². The number of nitrogens with two attached hydrogens (primary N) is 1. The van der Waals surface area contributed by atoms with Crippen molar-refractivity contribution < 1.29 is 4.52 Å². The molecule has 0 aromatic carbocycles. The molecule has 2 saturated carbocycles. The summed E-state index contributed by atoms with van der Waals surface area (Å²) in [6.07, 6.45) is 8.00. The van der Waals surface area contributed by atoms with E-state index in [1.807, 2.05) is 0 Å². The number of hydrogen-bond donors (Lipinski definition) is 1. The molecule has 5 heteroatoms. The maximum Gasteiger partial charge on any atom is 0.240 e. The third-order valence-electron chi connectivity index (χ3n) is 4.48. The molecule has 0 saturated heterocycles. The highest BCUT2D eigenvalue weighted by atomic mass is 16.5. The molecule has 5 nitrogen and oxygen atoms in total. The van der Waals surface area contributed by atoms with E-state index in [-0.39, 0.29) is 0 Å². The molecule has 1 heterocycles. The minimum atomic E-state index is 0.331. The zero-order chi connectivity index (χ0) is 13.2.